The molecule has 1 aliphatic carbocycles. The van der Waals surface area contributed by atoms with Gasteiger partial charge in [-0.2, -0.15) is 0 Å². The van der Waals surface area contributed by atoms with Crippen LogP contribution in [0.25, 0.3) is 0 Å². The van der Waals surface area contributed by atoms with Crippen molar-refractivity contribution in [2.45, 2.75) is 56.7 Å². The molecule has 1 aromatic carbocycles. The highest BCUT2D eigenvalue weighted by atomic mass is 16.6. The van der Waals surface area contributed by atoms with Gasteiger partial charge in [0.1, 0.15) is 11.7 Å². The first kappa shape index (κ1) is 11.9. The third-order valence-corrected chi connectivity index (χ3v) is 4.48. The molecule has 0 unspecified atom stereocenters. The van der Waals surface area contributed by atoms with E-state index in [2.05, 4.69) is 30.3 Å². The smallest absolute Gasteiger partial charge is 0.161 e. The summed E-state index contributed by atoms with van der Waals surface area (Å²) in [6, 6.07) is 10.7. The molecule has 0 bridgehead atoms. The van der Waals surface area contributed by atoms with Crippen LogP contribution in [0.4, 0.5) is 0 Å². The number of carbonyl (C=O) groups is 1. The Hall–Kier alpha value is -1.15. The van der Waals surface area contributed by atoms with Gasteiger partial charge in [-0.1, -0.05) is 30.3 Å². The van der Waals surface area contributed by atoms with E-state index >= 15 is 0 Å². The van der Waals surface area contributed by atoms with Crippen molar-refractivity contribution in [3.05, 3.63) is 35.9 Å². The van der Waals surface area contributed by atoms with Crippen molar-refractivity contribution in [3.63, 3.8) is 0 Å². The van der Waals surface area contributed by atoms with Gasteiger partial charge in [-0.15, -0.1) is 0 Å². The van der Waals surface area contributed by atoms with Gasteiger partial charge in [0.15, 0.2) is 5.78 Å². The van der Waals surface area contributed by atoms with Crippen molar-refractivity contribution >= 4 is 5.78 Å². The van der Waals surface area contributed by atoms with Crippen LogP contribution in [0.3, 0.4) is 0 Å². The number of hydrogen-bond donors (Lipinski definition) is 0. The van der Waals surface area contributed by atoms with Crippen molar-refractivity contribution < 1.29 is 9.53 Å². The monoisotopic (exact) mass is 244 g/mol. The molecule has 1 saturated carbocycles. The van der Waals surface area contributed by atoms with Gasteiger partial charge in [-0.3, -0.25) is 4.79 Å². The molecule has 1 spiro atoms. The molecule has 2 fully saturated rings. The molecule has 1 aliphatic heterocycles. The lowest BCUT2D eigenvalue weighted by molar-refractivity contribution is -0.118. The van der Waals surface area contributed by atoms with E-state index in [0.717, 1.165) is 19.3 Å². The number of rotatable bonds is 2. The second-order valence-corrected chi connectivity index (χ2v) is 5.71. The molecule has 2 heteroatoms. The van der Waals surface area contributed by atoms with Crippen LogP contribution in [-0.4, -0.2) is 17.5 Å². The molecule has 2 nitrogen and oxygen atoms in total. The highest BCUT2D eigenvalue weighted by Gasteiger charge is 2.58. The molecule has 2 aliphatic rings. The van der Waals surface area contributed by atoms with E-state index in [4.69, 9.17) is 4.74 Å². The summed E-state index contributed by atoms with van der Waals surface area (Å²) in [5, 5.41) is 0. The molecule has 0 N–H and O–H groups in total. The minimum Gasteiger partial charge on any atom is -0.358 e. The normalized spacial score (nSPS) is 35.2. The van der Waals surface area contributed by atoms with Crippen LogP contribution < -0.4 is 0 Å². The standard InChI is InChI=1S/C16H20O2/c1-12(17)15-16(18-15)10-5-8-14(9-11-16)13-6-3-2-4-7-13/h2-4,6-7,14-15H,5,8-11H2,1H3/t14-,15+,16-/m1/s1. The molecule has 1 heterocycles. The maximum Gasteiger partial charge on any atom is 0.161 e. The quantitative estimate of drug-likeness (QED) is 0.746. The number of ether oxygens (including phenoxy) is 1. The lowest BCUT2D eigenvalue weighted by Gasteiger charge is -2.14. The van der Waals surface area contributed by atoms with Crippen molar-refractivity contribution in [2.24, 2.45) is 0 Å². The largest absolute Gasteiger partial charge is 0.358 e. The van der Waals surface area contributed by atoms with Crippen LogP contribution in [-0.2, 0) is 9.53 Å². The van der Waals surface area contributed by atoms with Crippen molar-refractivity contribution in [2.75, 3.05) is 0 Å². The van der Waals surface area contributed by atoms with Crippen LogP contribution >= 0.6 is 0 Å². The topological polar surface area (TPSA) is 29.6 Å². The Bertz CT molecular complexity index is 440. The SMILES string of the molecule is CC(=O)[C@@H]1O[C@@]12CCC[C@@H](c1ccccc1)CC2. The predicted molar refractivity (Wildman–Crippen MR) is 70.6 cm³/mol. The van der Waals surface area contributed by atoms with Crippen LogP contribution in [0, 0.1) is 0 Å². The van der Waals surface area contributed by atoms with Gasteiger partial charge in [-0.05, 0) is 50.5 Å². The highest BCUT2D eigenvalue weighted by Crippen LogP contribution is 2.49. The Morgan fingerprint density at radius 1 is 1.22 bits per heavy atom. The molecule has 0 amide bonds. The van der Waals surface area contributed by atoms with Gasteiger partial charge in [0.05, 0.1) is 0 Å². The number of benzene rings is 1. The van der Waals surface area contributed by atoms with Gasteiger partial charge in [-0.25, -0.2) is 0 Å². The van der Waals surface area contributed by atoms with Crippen LogP contribution in [0.1, 0.15) is 50.5 Å². The second kappa shape index (κ2) is 4.51. The van der Waals surface area contributed by atoms with E-state index in [-0.39, 0.29) is 17.5 Å². The molecule has 3 rings (SSSR count). The number of carbonyl (C=O) groups excluding carboxylic acids is 1. The Balaban J connectivity index is 1.68. The minimum atomic E-state index is -0.105. The summed E-state index contributed by atoms with van der Waals surface area (Å²) in [6.07, 6.45) is 5.53. The van der Waals surface area contributed by atoms with E-state index in [1.54, 1.807) is 6.92 Å². The maximum atomic E-state index is 11.4. The third kappa shape index (κ3) is 2.10. The summed E-state index contributed by atoms with van der Waals surface area (Å²) in [6.45, 7) is 1.65. The van der Waals surface area contributed by atoms with Gasteiger partial charge in [0.2, 0.25) is 0 Å². The summed E-state index contributed by atoms with van der Waals surface area (Å²) in [4.78, 5) is 11.4. The second-order valence-electron chi connectivity index (χ2n) is 5.71. The Labute approximate surface area is 108 Å². The zero-order chi connectivity index (χ0) is 12.6. The van der Waals surface area contributed by atoms with Crippen LogP contribution in [0.15, 0.2) is 30.3 Å². The first-order chi connectivity index (χ1) is 8.71. The van der Waals surface area contributed by atoms with Crippen molar-refractivity contribution in [1.82, 2.24) is 0 Å². The lowest BCUT2D eigenvalue weighted by Crippen LogP contribution is -2.18. The Kier molecular flexibility index (Phi) is 2.98. The summed E-state index contributed by atoms with van der Waals surface area (Å²) >= 11 is 0. The molecular formula is C16H20O2. The van der Waals surface area contributed by atoms with Crippen molar-refractivity contribution in [3.8, 4) is 0 Å². The van der Waals surface area contributed by atoms with Crippen molar-refractivity contribution in [1.29, 1.82) is 0 Å². The fourth-order valence-electron chi connectivity index (χ4n) is 3.43. The van der Waals surface area contributed by atoms with Gasteiger partial charge >= 0.3 is 0 Å². The Morgan fingerprint density at radius 3 is 2.67 bits per heavy atom. The van der Waals surface area contributed by atoms with Gasteiger partial charge in [0.25, 0.3) is 0 Å². The molecule has 0 aromatic heterocycles. The summed E-state index contributed by atoms with van der Waals surface area (Å²) in [5.74, 6) is 0.843. The molecule has 96 valence electrons. The Morgan fingerprint density at radius 2 is 2.00 bits per heavy atom. The summed E-state index contributed by atoms with van der Waals surface area (Å²) in [7, 11) is 0. The number of epoxide rings is 1. The first-order valence-electron chi connectivity index (χ1n) is 6.94. The van der Waals surface area contributed by atoms with Gasteiger partial charge < -0.3 is 4.74 Å². The average Bonchev–Trinajstić information content (AvgIpc) is 3.14. The van der Waals surface area contributed by atoms with Gasteiger partial charge in [0, 0.05) is 0 Å². The summed E-state index contributed by atoms with van der Waals surface area (Å²) < 4.78 is 5.72. The fraction of sp³-hybridized carbons (Fsp3) is 0.562. The highest BCUT2D eigenvalue weighted by molar-refractivity contribution is 5.84. The zero-order valence-corrected chi connectivity index (χ0v) is 10.9. The third-order valence-electron chi connectivity index (χ3n) is 4.48. The summed E-state index contributed by atoms with van der Waals surface area (Å²) in [5.41, 5.74) is 1.35. The number of Topliss-reactive ketones (excluding diaryl/α,β-unsaturated/α-hetero) is 1. The van der Waals surface area contributed by atoms with Crippen LogP contribution in [0.5, 0.6) is 0 Å². The predicted octanol–water partition coefficient (Wildman–Crippen LogP) is 3.46. The number of ketones is 1. The maximum absolute atomic E-state index is 11.4. The molecule has 0 radical (unpaired) electrons. The molecule has 18 heavy (non-hydrogen) atoms. The number of hydrogen-bond acceptors (Lipinski definition) is 2. The van der Waals surface area contributed by atoms with E-state index in [0.29, 0.717) is 5.92 Å². The minimum absolute atomic E-state index is 0.0879. The zero-order valence-electron chi connectivity index (χ0n) is 10.9. The van der Waals surface area contributed by atoms with E-state index in [9.17, 15) is 4.79 Å². The lowest BCUT2D eigenvalue weighted by atomic mass is 9.90. The molecule has 1 aromatic rings. The van der Waals surface area contributed by atoms with Crippen LogP contribution in [0.2, 0.25) is 0 Å². The molecule has 1 saturated heterocycles. The molecular weight excluding hydrogens is 224 g/mol. The van der Waals surface area contributed by atoms with E-state index in [1.807, 2.05) is 0 Å². The van der Waals surface area contributed by atoms with E-state index < -0.39 is 0 Å². The first-order valence-corrected chi connectivity index (χ1v) is 6.94. The molecule has 3 atom stereocenters. The van der Waals surface area contributed by atoms with E-state index in [1.165, 1.54) is 18.4 Å². The average molecular weight is 244 g/mol. The fourth-order valence-corrected chi connectivity index (χ4v) is 3.43.